The first-order chi connectivity index (χ1) is 13.2. The summed E-state index contributed by atoms with van der Waals surface area (Å²) in [5.74, 6) is -0.101. The summed E-state index contributed by atoms with van der Waals surface area (Å²) >= 11 is 6.87. The highest BCUT2D eigenvalue weighted by Crippen LogP contribution is 2.43. The summed E-state index contributed by atoms with van der Waals surface area (Å²) in [6.45, 7) is 0. The highest BCUT2D eigenvalue weighted by Gasteiger charge is 2.41. The van der Waals surface area contributed by atoms with Gasteiger partial charge in [-0.2, -0.15) is 13.2 Å². The molecule has 2 amide bonds. The number of aryl methyl sites for hydroxylation is 1. The number of nitrogens with one attached hydrogen (secondary N) is 1. The zero-order chi connectivity index (χ0) is 20.1. The number of hydrogen-bond acceptors (Lipinski definition) is 5. The van der Waals surface area contributed by atoms with Gasteiger partial charge in [0.15, 0.2) is 0 Å². The molecule has 1 unspecified atom stereocenters. The third kappa shape index (κ3) is 3.56. The highest BCUT2D eigenvalue weighted by molar-refractivity contribution is 8.15. The van der Waals surface area contributed by atoms with E-state index in [1.54, 1.807) is 18.2 Å². The first-order valence-corrected chi connectivity index (χ1v) is 9.53. The Morgan fingerprint density at radius 3 is 2.68 bits per heavy atom. The third-order valence-electron chi connectivity index (χ3n) is 4.67. The Kier molecular flexibility index (Phi) is 4.75. The van der Waals surface area contributed by atoms with E-state index < -0.39 is 17.0 Å². The number of rotatable bonds is 3. The number of nitrogens with zero attached hydrogens (tertiary/aromatic N) is 1. The van der Waals surface area contributed by atoms with Crippen LogP contribution in [0.2, 0.25) is 5.02 Å². The minimum Gasteiger partial charge on any atom is -0.438 e. The van der Waals surface area contributed by atoms with Crippen molar-refractivity contribution < 1.29 is 27.5 Å². The first-order valence-electron chi connectivity index (χ1n) is 8.27. The van der Waals surface area contributed by atoms with Crippen molar-refractivity contribution in [1.29, 1.82) is 0 Å². The van der Waals surface area contributed by atoms with Crippen LogP contribution < -0.4 is 10.1 Å². The second-order valence-electron chi connectivity index (χ2n) is 6.43. The van der Waals surface area contributed by atoms with Crippen molar-refractivity contribution in [3.63, 3.8) is 0 Å². The van der Waals surface area contributed by atoms with Gasteiger partial charge in [0.05, 0.1) is 5.56 Å². The van der Waals surface area contributed by atoms with E-state index in [2.05, 4.69) is 10.3 Å². The summed E-state index contributed by atoms with van der Waals surface area (Å²) in [6.07, 6.45) is -2.46. The van der Waals surface area contributed by atoms with E-state index in [1.165, 1.54) is 0 Å². The minimum atomic E-state index is -4.54. The van der Waals surface area contributed by atoms with Crippen molar-refractivity contribution in [2.75, 3.05) is 0 Å². The van der Waals surface area contributed by atoms with Gasteiger partial charge in [-0.15, -0.1) is 0 Å². The van der Waals surface area contributed by atoms with Crippen LogP contribution in [0.5, 0.6) is 11.6 Å². The van der Waals surface area contributed by atoms with Crippen LogP contribution in [0, 0.1) is 0 Å². The van der Waals surface area contributed by atoms with Crippen molar-refractivity contribution in [2.45, 2.75) is 30.2 Å². The van der Waals surface area contributed by atoms with Gasteiger partial charge in [0.2, 0.25) is 11.8 Å². The molecular weight excluding hydrogens is 417 g/mol. The predicted molar refractivity (Wildman–Crippen MR) is 96.7 cm³/mol. The summed E-state index contributed by atoms with van der Waals surface area (Å²) in [7, 11) is 0. The van der Waals surface area contributed by atoms with Crippen LogP contribution in [-0.2, 0) is 17.4 Å². The SMILES string of the molecule is O=C1NC(=O)C([C@@H]2CCc3cc(Oc4ncc(C(F)(F)F)cc4Cl)ccc32)S1. The van der Waals surface area contributed by atoms with Gasteiger partial charge in [0.1, 0.15) is 16.0 Å². The second kappa shape index (κ2) is 6.97. The Hall–Kier alpha value is -2.26. The minimum absolute atomic E-state index is 0.0757. The lowest BCUT2D eigenvalue weighted by Gasteiger charge is -2.16. The molecule has 1 aromatic heterocycles. The largest absolute Gasteiger partial charge is 0.438 e. The summed E-state index contributed by atoms with van der Waals surface area (Å²) in [6, 6.07) is 5.97. The molecule has 0 radical (unpaired) electrons. The van der Waals surface area contributed by atoms with Crippen molar-refractivity contribution in [2.24, 2.45) is 0 Å². The summed E-state index contributed by atoms with van der Waals surface area (Å²) in [5, 5.41) is 1.26. The van der Waals surface area contributed by atoms with Gasteiger partial charge in [-0.05, 0) is 42.2 Å². The lowest BCUT2D eigenvalue weighted by atomic mass is 9.97. The number of carbonyl (C=O) groups excluding carboxylic acids is 2. The molecule has 2 aromatic rings. The zero-order valence-electron chi connectivity index (χ0n) is 14.0. The predicted octanol–water partition coefficient (Wildman–Crippen LogP) is 4.93. The lowest BCUT2D eigenvalue weighted by Crippen LogP contribution is -2.27. The van der Waals surface area contributed by atoms with Gasteiger partial charge in [-0.25, -0.2) is 4.98 Å². The molecule has 5 nitrogen and oxygen atoms in total. The fourth-order valence-electron chi connectivity index (χ4n) is 3.41. The van der Waals surface area contributed by atoms with Crippen LogP contribution in [0.1, 0.15) is 29.0 Å². The number of fused-ring (bicyclic) bond motifs is 1. The number of benzene rings is 1. The van der Waals surface area contributed by atoms with Crippen LogP contribution in [0.25, 0.3) is 0 Å². The standard InChI is InChI=1S/C18H12ClF3N2O3S/c19-13-6-9(18(20,21)22)7-23-16(13)27-10-2-4-11-8(5-10)1-3-12(11)14-15(25)24-17(26)28-14/h2,4-7,12,14H,1,3H2,(H,24,25,26)/t12-,14?/m1/s1. The zero-order valence-corrected chi connectivity index (χ0v) is 15.6. The Labute approximate surface area is 166 Å². The molecule has 4 rings (SSSR count). The van der Waals surface area contributed by atoms with Crippen LogP contribution in [-0.4, -0.2) is 21.4 Å². The number of thioether (sulfide) groups is 1. The van der Waals surface area contributed by atoms with E-state index in [-0.39, 0.29) is 28.0 Å². The number of amides is 2. The van der Waals surface area contributed by atoms with Gasteiger partial charge >= 0.3 is 6.18 Å². The van der Waals surface area contributed by atoms with Crippen LogP contribution in [0.15, 0.2) is 30.5 Å². The second-order valence-corrected chi connectivity index (χ2v) is 7.95. The van der Waals surface area contributed by atoms with Gasteiger partial charge < -0.3 is 4.74 Å². The molecule has 2 heterocycles. The average Bonchev–Trinajstić information content (AvgIpc) is 3.17. The smallest absolute Gasteiger partial charge is 0.417 e. The van der Waals surface area contributed by atoms with E-state index in [1.807, 2.05) is 0 Å². The molecule has 2 atom stereocenters. The molecular formula is C18H12ClF3N2O3S. The Balaban J connectivity index is 1.54. The maximum atomic E-state index is 12.7. The molecule has 2 aliphatic rings. The molecule has 0 bridgehead atoms. The monoisotopic (exact) mass is 428 g/mol. The number of carbonyl (C=O) groups is 2. The molecule has 28 heavy (non-hydrogen) atoms. The first kappa shape index (κ1) is 19.1. The normalized spacial score (nSPS) is 21.6. The number of aromatic nitrogens is 1. The number of ether oxygens (including phenoxy) is 1. The molecule has 0 spiro atoms. The van der Waals surface area contributed by atoms with Gasteiger partial charge in [-0.1, -0.05) is 29.4 Å². The Morgan fingerprint density at radius 2 is 2.04 bits per heavy atom. The third-order valence-corrected chi connectivity index (χ3v) is 6.05. The molecule has 146 valence electrons. The van der Waals surface area contributed by atoms with E-state index in [9.17, 15) is 22.8 Å². The van der Waals surface area contributed by atoms with Gasteiger partial charge in [-0.3, -0.25) is 14.9 Å². The highest BCUT2D eigenvalue weighted by atomic mass is 35.5. The molecule has 1 aliphatic carbocycles. The molecule has 0 saturated carbocycles. The number of halogens is 4. The molecule has 1 aliphatic heterocycles. The van der Waals surface area contributed by atoms with Crippen LogP contribution >= 0.6 is 23.4 Å². The Morgan fingerprint density at radius 1 is 1.25 bits per heavy atom. The molecule has 1 N–H and O–H groups in total. The number of imide groups is 1. The molecule has 1 aromatic carbocycles. The quantitative estimate of drug-likeness (QED) is 0.751. The number of hydrogen-bond donors (Lipinski definition) is 1. The number of alkyl halides is 3. The average molecular weight is 429 g/mol. The fraction of sp³-hybridized carbons (Fsp3) is 0.278. The van der Waals surface area contributed by atoms with Crippen molar-refractivity contribution in [3.05, 3.63) is 52.2 Å². The van der Waals surface area contributed by atoms with E-state index in [4.69, 9.17) is 16.3 Å². The van der Waals surface area contributed by atoms with Gasteiger partial charge in [0.25, 0.3) is 5.24 Å². The van der Waals surface area contributed by atoms with Crippen molar-refractivity contribution >= 4 is 34.5 Å². The molecule has 1 saturated heterocycles. The van der Waals surface area contributed by atoms with E-state index in [0.29, 0.717) is 18.4 Å². The maximum Gasteiger partial charge on any atom is 0.417 e. The van der Waals surface area contributed by atoms with Crippen LogP contribution in [0.4, 0.5) is 18.0 Å². The van der Waals surface area contributed by atoms with Gasteiger partial charge in [0, 0.05) is 12.1 Å². The van der Waals surface area contributed by atoms with Crippen LogP contribution in [0.3, 0.4) is 0 Å². The molecule has 10 heteroatoms. The summed E-state index contributed by atoms with van der Waals surface area (Å²) in [5.41, 5.74) is 0.961. The van der Waals surface area contributed by atoms with E-state index in [0.717, 1.165) is 35.4 Å². The van der Waals surface area contributed by atoms with Crippen molar-refractivity contribution in [3.8, 4) is 11.6 Å². The maximum absolute atomic E-state index is 12.7. The van der Waals surface area contributed by atoms with Crippen molar-refractivity contribution in [1.82, 2.24) is 10.3 Å². The molecule has 1 fully saturated rings. The Bertz CT molecular complexity index is 983. The van der Waals surface area contributed by atoms with E-state index >= 15 is 0 Å². The number of pyridine rings is 1. The summed E-state index contributed by atoms with van der Waals surface area (Å²) < 4.78 is 43.7. The lowest BCUT2D eigenvalue weighted by molar-refractivity contribution is -0.137. The summed E-state index contributed by atoms with van der Waals surface area (Å²) in [4.78, 5) is 27.0. The fourth-order valence-corrected chi connectivity index (χ4v) is 4.61. The topological polar surface area (TPSA) is 68.3 Å².